The molecule has 1 aliphatic rings. The highest BCUT2D eigenvalue weighted by Crippen LogP contribution is 2.56. The Bertz CT molecular complexity index is 3340. The van der Waals surface area contributed by atoms with E-state index in [1.165, 1.54) is 55.3 Å². The first-order chi connectivity index (χ1) is 30.3. The predicted molar refractivity (Wildman–Crippen MR) is 254 cm³/mol. The van der Waals surface area contributed by atoms with Gasteiger partial charge in [-0.3, -0.25) is 0 Å². The van der Waals surface area contributed by atoms with Crippen LogP contribution in [-0.4, -0.2) is 0 Å². The van der Waals surface area contributed by atoms with E-state index in [-0.39, 0.29) is 0 Å². The van der Waals surface area contributed by atoms with Crippen LogP contribution in [0.2, 0.25) is 0 Å². The Hall–Kier alpha value is -7.94. The number of fused-ring (bicyclic) bond motifs is 8. The summed E-state index contributed by atoms with van der Waals surface area (Å²) in [6.07, 6.45) is 0. The van der Waals surface area contributed by atoms with E-state index in [2.05, 4.69) is 241 Å². The van der Waals surface area contributed by atoms with Crippen LogP contribution in [0.4, 0.5) is 17.1 Å². The number of benzene rings is 10. The summed E-state index contributed by atoms with van der Waals surface area (Å²) in [7, 11) is 0. The molecule has 0 amide bonds. The maximum Gasteiger partial charge on any atom is 0.143 e. The lowest BCUT2D eigenvalue weighted by atomic mass is 9.68. The van der Waals surface area contributed by atoms with Crippen LogP contribution < -0.4 is 4.90 Å². The summed E-state index contributed by atoms with van der Waals surface area (Å²) in [6, 6.07) is 85.8. The minimum Gasteiger partial charge on any atom is -0.455 e. The first-order valence-electron chi connectivity index (χ1n) is 21.0. The van der Waals surface area contributed by atoms with Gasteiger partial charge in [0.25, 0.3) is 0 Å². The van der Waals surface area contributed by atoms with E-state index < -0.39 is 5.41 Å². The van der Waals surface area contributed by atoms with Crippen LogP contribution in [0.25, 0.3) is 66.1 Å². The lowest BCUT2D eigenvalue weighted by Gasteiger charge is -2.34. The molecule has 1 aromatic heterocycles. The molecule has 0 aliphatic heterocycles. The van der Waals surface area contributed by atoms with E-state index >= 15 is 0 Å². The molecule has 12 rings (SSSR count). The predicted octanol–water partition coefficient (Wildman–Crippen LogP) is 15.9. The van der Waals surface area contributed by atoms with Gasteiger partial charge in [-0.25, -0.2) is 0 Å². The minimum atomic E-state index is -0.471. The van der Waals surface area contributed by atoms with Crippen molar-refractivity contribution < 1.29 is 4.42 Å². The summed E-state index contributed by atoms with van der Waals surface area (Å²) in [4.78, 5) is 2.38. The van der Waals surface area contributed by atoms with Crippen LogP contribution in [0.15, 0.2) is 241 Å². The van der Waals surface area contributed by atoms with Gasteiger partial charge in [0.05, 0.1) is 5.41 Å². The van der Waals surface area contributed by atoms with Crippen LogP contribution in [0.1, 0.15) is 22.3 Å². The summed E-state index contributed by atoms with van der Waals surface area (Å²) in [5.74, 6) is 0. The smallest absolute Gasteiger partial charge is 0.143 e. The summed E-state index contributed by atoms with van der Waals surface area (Å²) in [5.41, 5.74) is 16.8. The average Bonchev–Trinajstić information content (AvgIpc) is 3.87. The Labute approximate surface area is 355 Å². The van der Waals surface area contributed by atoms with Gasteiger partial charge in [-0.2, -0.15) is 0 Å². The standard InChI is InChI=1S/C59H39NO/c1-4-16-40(17-5-1)41-28-32-46(33-29-41)60(48-36-37-56-53(39-48)57-49-23-11-10-20-43(49)38-52(58(57)61-56)42-18-6-2-7-19-42)47-34-30-45(31-35-47)59(44-21-8-3-9-22-44)54-26-14-12-24-50(54)51-25-13-15-27-55(51)59/h1-39H. The molecule has 0 spiro atoms. The Balaban J connectivity index is 1.06. The maximum absolute atomic E-state index is 6.82. The molecule has 0 atom stereocenters. The highest BCUT2D eigenvalue weighted by molar-refractivity contribution is 6.23. The fourth-order valence-corrected chi connectivity index (χ4v) is 10.0. The molecule has 0 N–H and O–H groups in total. The van der Waals surface area contributed by atoms with E-state index in [9.17, 15) is 0 Å². The van der Waals surface area contributed by atoms with Crippen molar-refractivity contribution in [1.82, 2.24) is 0 Å². The second-order valence-corrected chi connectivity index (χ2v) is 16.0. The third kappa shape index (κ3) is 5.50. The zero-order valence-electron chi connectivity index (χ0n) is 33.4. The molecule has 0 fully saturated rings. The van der Waals surface area contributed by atoms with Gasteiger partial charge in [-0.15, -0.1) is 0 Å². The van der Waals surface area contributed by atoms with E-state index in [4.69, 9.17) is 4.42 Å². The minimum absolute atomic E-state index is 0.471. The lowest BCUT2D eigenvalue weighted by molar-refractivity contribution is 0.670. The second kappa shape index (κ2) is 14.1. The van der Waals surface area contributed by atoms with E-state index in [1.54, 1.807) is 0 Å². The number of anilines is 3. The number of furan rings is 1. The molecule has 0 saturated heterocycles. The Morgan fingerprint density at radius 1 is 0.344 bits per heavy atom. The van der Waals surface area contributed by atoms with Crippen molar-refractivity contribution in [1.29, 1.82) is 0 Å². The largest absolute Gasteiger partial charge is 0.455 e. The zero-order chi connectivity index (χ0) is 40.3. The molecule has 2 heteroatoms. The van der Waals surface area contributed by atoms with Gasteiger partial charge < -0.3 is 9.32 Å². The maximum atomic E-state index is 6.82. The Morgan fingerprint density at radius 3 is 1.52 bits per heavy atom. The number of rotatable bonds is 7. The molecule has 286 valence electrons. The van der Waals surface area contributed by atoms with Gasteiger partial charge in [0.15, 0.2) is 0 Å². The highest BCUT2D eigenvalue weighted by atomic mass is 16.3. The zero-order valence-corrected chi connectivity index (χ0v) is 33.4. The van der Waals surface area contributed by atoms with Crippen molar-refractivity contribution >= 4 is 49.8 Å². The lowest BCUT2D eigenvalue weighted by Crippen LogP contribution is -2.28. The quantitative estimate of drug-likeness (QED) is 0.160. The third-order valence-corrected chi connectivity index (χ3v) is 12.7. The monoisotopic (exact) mass is 777 g/mol. The third-order valence-electron chi connectivity index (χ3n) is 12.7. The van der Waals surface area contributed by atoms with E-state index in [0.29, 0.717) is 0 Å². The molecule has 0 unspecified atom stereocenters. The molecule has 1 heterocycles. The molecular formula is C59H39NO. The Kier molecular flexibility index (Phi) is 8.11. The topological polar surface area (TPSA) is 16.4 Å². The van der Waals surface area contributed by atoms with Crippen LogP contribution in [-0.2, 0) is 5.41 Å². The second-order valence-electron chi connectivity index (χ2n) is 16.0. The molecule has 11 aromatic rings. The SMILES string of the molecule is c1ccc(-c2ccc(N(c3ccc(C4(c5ccccc5)c5ccccc5-c5ccccc54)cc3)c3ccc4oc5c(-c6ccccc6)cc6ccccc6c5c4c3)cc2)cc1. The Morgan fingerprint density at radius 2 is 0.852 bits per heavy atom. The van der Waals surface area contributed by atoms with Crippen LogP contribution in [0.5, 0.6) is 0 Å². The fraction of sp³-hybridized carbons (Fsp3) is 0.0169. The van der Waals surface area contributed by atoms with Crippen LogP contribution >= 0.6 is 0 Å². The normalized spacial score (nSPS) is 12.7. The van der Waals surface area contributed by atoms with Gasteiger partial charge >= 0.3 is 0 Å². The summed E-state index contributed by atoms with van der Waals surface area (Å²) < 4.78 is 6.82. The first kappa shape index (κ1) is 35.0. The summed E-state index contributed by atoms with van der Waals surface area (Å²) in [5, 5.41) is 4.59. The van der Waals surface area contributed by atoms with Crippen LogP contribution in [0.3, 0.4) is 0 Å². The molecule has 1 aliphatic carbocycles. The fourth-order valence-electron chi connectivity index (χ4n) is 10.0. The van der Waals surface area contributed by atoms with Gasteiger partial charge in [-0.05, 0) is 109 Å². The highest BCUT2D eigenvalue weighted by Gasteiger charge is 2.45. The van der Waals surface area contributed by atoms with Crippen molar-refractivity contribution in [2.45, 2.75) is 5.41 Å². The number of nitrogens with zero attached hydrogens (tertiary/aromatic N) is 1. The summed E-state index contributed by atoms with van der Waals surface area (Å²) >= 11 is 0. The summed E-state index contributed by atoms with van der Waals surface area (Å²) in [6.45, 7) is 0. The number of hydrogen-bond donors (Lipinski definition) is 0. The molecule has 61 heavy (non-hydrogen) atoms. The van der Waals surface area contributed by atoms with E-state index in [0.717, 1.165) is 50.1 Å². The van der Waals surface area contributed by atoms with Crippen molar-refractivity contribution in [3.05, 3.63) is 259 Å². The molecular weight excluding hydrogens is 739 g/mol. The van der Waals surface area contributed by atoms with E-state index in [1.807, 2.05) is 0 Å². The van der Waals surface area contributed by atoms with Crippen LogP contribution in [0, 0.1) is 0 Å². The van der Waals surface area contributed by atoms with Gasteiger partial charge in [0.1, 0.15) is 11.2 Å². The van der Waals surface area contributed by atoms with Crippen molar-refractivity contribution in [2.75, 3.05) is 4.90 Å². The average molecular weight is 778 g/mol. The van der Waals surface area contributed by atoms with Gasteiger partial charge in [-0.1, -0.05) is 188 Å². The first-order valence-corrected chi connectivity index (χ1v) is 21.0. The molecule has 0 radical (unpaired) electrons. The molecule has 2 nitrogen and oxygen atoms in total. The molecule has 10 aromatic carbocycles. The van der Waals surface area contributed by atoms with Crippen molar-refractivity contribution in [2.24, 2.45) is 0 Å². The van der Waals surface area contributed by atoms with Gasteiger partial charge in [0.2, 0.25) is 0 Å². The van der Waals surface area contributed by atoms with Gasteiger partial charge in [0, 0.05) is 33.4 Å². The number of hydrogen-bond acceptors (Lipinski definition) is 2. The van der Waals surface area contributed by atoms with Crippen molar-refractivity contribution in [3.8, 4) is 33.4 Å². The van der Waals surface area contributed by atoms with Crippen molar-refractivity contribution in [3.63, 3.8) is 0 Å². The molecule has 0 bridgehead atoms. The molecule has 0 saturated carbocycles.